The van der Waals surface area contributed by atoms with Crippen molar-refractivity contribution in [3.63, 3.8) is 0 Å². The highest BCUT2D eigenvalue weighted by Crippen LogP contribution is 2.45. The number of piperidine rings is 1. The molecule has 1 aliphatic carbocycles. The number of nitrogens with one attached hydrogen (secondary N) is 2. The predicted octanol–water partition coefficient (Wildman–Crippen LogP) is 7.63. The molecule has 0 aromatic heterocycles. The summed E-state index contributed by atoms with van der Waals surface area (Å²) in [6, 6.07) is 24.4. The second-order valence-electron chi connectivity index (χ2n) is 11.2. The van der Waals surface area contributed by atoms with E-state index in [0.717, 1.165) is 40.7 Å². The molecule has 1 saturated heterocycles. The van der Waals surface area contributed by atoms with Crippen molar-refractivity contribution in [3.8, 4) is 5.75 Å². The Balaban J connectivity index is 1.27. The number of benzene rings is 3. The summed E-state index contributed by atoms with van der Waals surface area (Å²) in [7, 11) is 0. The highest BCUT2D eigenvalue weighted by atomic mass is 35.5. The molecule has 42 heavy (non-hydrogen) atoms. The van der Waals surface area contributed by atoms with Crippen molar-refractivity contribution in [1.29, 1.82) is 0 Å². The van der Waals surface area contributed by atoms with Gasteiger partial charge in [-0.2, -0.15) is 0 Å². The molecule has 4 atom stereocenters. The maximum Gasteiger partial charge on any atom is 0.305 e. The molecule has 1 heterocycles. The minimum atomic E-state index is -0.201. The number of rotatable bonds is 11. The Labute approximate surface area is 258 Å². The third kappa shape index (κ3) is 7.78. The minimum absolute atomic E-state index is 0.0268. The van der Waals surface area contributed by atoms with Crippen LogP contribution in [-0.4, -0.2) is 37.2 Å². The van der Waals surface area contributed by atoms with Gasteiger partial charge in [-0.15, -0.1) is 0 Å². The number of amides is 1. The van der Waals surface area contributed by atoms with Gasteiger partial charge in [-0.3, -0.25) is 9.59 Å². The number of carbonyl (C=O) groups excluding carboxylic acids is 2. The van der Waals surface area contributed by atoms with Crippen LogP contribution >= 0.6 is 23.2 Å². The topological polar surface area (TPSA) is 76.7 Å². The number of fused-ring (bicyclic) bond motifs is 1. The summed E-state index contributed by atoms with van der Waals surface area (Å²) in [5.41, 5.74) is 3.45. The van der Waals surface area contributed by atoms with E-state index in [1.807, 2.05) is 48.5 Å². The number of anilines is 1. The van der Waals surface area contributed by atoms with Crippen LogP contribution < -0.4 is 15.4 Å². The van der Waals surface area contributed by atoms with Crippen molar-refractivity contribution in [3.05, 3.63) is 94.0 Å². The van der Waals surface area contributed by atoms with Gasteiger partial charge in [0.25, 0.3) is 0 Å². The Hall–Kier alpha value is -3.22. The summed E-state index contributed by atoms with van der Waals surface area (Å²) in [5, 5.41) is 8.40. The monoisotopic (exact) mass is 608 g/mol. The minimum Gasteiger partial charge on any atom is -0.494 e. The quantitative estimate of drug-likeness (QED) is 0.173. The van der Waals surface area contributed by atoms with E-state index in [0.29, 0.717) is 44.3 Å². The molecule has 2 aliphatic rings. The summed E-state index contributed by atoms with van der Waals surface area (Å²) < 4.78 is 10.8. The lowest BCUT2D eigenvalue weighted by Crippen LogP contribution is -2.56. The number of ether oxygens (including phenoxy) is 2. The number of carbonyl (C=O) groups is 2. The summed E-state index contributed by atoms with van der Waals surface area (Å²) in [5.74, 6) is 1.55. The van der Waals surface area contributed by atoms with E-state index in [1.54, 1.807) is 6.92 Å². The Morgan fingerprint density at radius 3 is 2.21 bits per heavy atom. The van der Waals surface area contributed by atoms with E-state index in [4.69, 9.17) is 32.7 Å². The molecule has 1 amide bonds. The first-order valence-corrected chi connectivity index (χ1v) is 15.6. The molecule has 8 heteroatoms. The lowest BCUT2D eigenvalue weighted by atomic mass is 9.65. The van der Waals surface area contributed by atoms with E-state index < -0.39 is 0 Å². The van der Waals surface area contributed by atoms with Crippen LogP contribution in [0.15, 0.2) is 72.8 Å². The predicted molar refractivity (Wildman–Crippen MR) is 167 cm³/mol. The number of esters is 1. The zero-order chi connectivity index (χ0) is 29.5. The molecule has 222 valence electrons. The van der Waals surface area contributed by atoms with Crippen molar-refractivity contribution in [1.82, 2.24) is 5.32 Å². The number of halogens is 2. The number of hydrogen-bond donors (Lipinski definition) is 2. The fourth-order valence-corrected chi connectivity index (χ4v) is 6.77. The van der Waals surface area contributed by atoms with Gasteiger partial charge >= 0.3 is 5.97 Å². The SMILES string of the molecule is CCOC(=O)CCCOc1ccc(NC2CC(=O)NC3CCC(C(c4ccc(Cl)cc4)c4ccc(Cl)cc4)CC32)cc1. The van der Waals surface area contributed by atoms with E-state index in [1.165, 1.54) is 11.1 Å². The van der Waals surface area contributed by atoms with Crippen LogP contribution in [0.4, 0.5) is 5.69 Å². The Morgan fingerprint density at radius 1 is 0.952 bits per heavy atom. The molecule has 0 bridgehead atoms. The molecule has 3 aromatic carbocycles. The van der Waals surface area contributed by atoms with Gasteiger partial charge in [-0.1, -0.05) is 47.5 Å². The fraction of sp³-hybridized carbons (Fsp3) is 0.412. The first kappa shape index (κ1) is 30.2. The molecule has 2 fully saturated rings. The van der Waals surface area contributed by atoms with Crippen LogP contribution in [0, 0.1) is 11.8 Å². The van der Waals surface area contributed by atoms with Crippen molar-refractivity contribution >= 4 is 40.8 Å². The molecule has 1 aliphatic heterocycles. The molecule has 0 spiro atoms. The fourth-order valence-electron chi connectivity index (χ4n) is 6.52. The summed E-state index contributed by atoms with van der Waals surface area (Å²) >= 11 is 12.5. The normalized spacial score (nSPS) is 21.8. The van der Waals surface area contributed by atoms with Gasteiger partial charge in [0.05, 0.1) is 13.2 Å². The molecule has 0 radical (unpaired) electrons. The van der Waals surface area contributed by atoms with Crippen molar-refractivity contribution in [2.24, 2.45) is 11.8 Å². The average molecular weight is 610 g/mol. The number of hydrogen-bond acceptors (Lipinski definition) is 5. The third-order valence-electron chi connectivity index (χ3n) is 8.44. The molecular weight excluding hydrogens is 571 g/mol. The molecule has 3 aromatic rings. The standard InChI is InChI=1S/C34H38Cl2N2O4/c1-2-41-33(40)4-3-19-42-28-16-14-27(15-17-28)37-31-21-32(39)38-30-18-9-24(20-29(30)31)34(22-5-10-25(35)11-6-22)23-7-12-26(36)13-8-23/h5-8,10-17,24,29-31,34,37H,2-4,9,18-21H2,1H3,(H,38,39). The molecule has 2 N–H and O–H groups in total. The Morgan fingerprint density at radius 2 is 1.60 bits per heavy atom. The Kier molecular flexibility index (Phi) is 10.3. The first-order chi connectivity index (χ1) is 20.4. The van der Waals surface area contributed by atoms with Gasteiger partial charge in [-0.05, 0) is 98.2 Å². The summed E-state index contributed by atoms with van der Waals surface area (Å²) in [6.45, 7) is 2.64. The van der Waals surface area contributed by atoms with Gasteiger partial charge in [0.15, 0.2) is 0 Å². The molecule has 1 saturated carbocycles. The molecule has 4 unspecified atom stereocenters. The van der Waals surface area contributed by atoms with Gasteiger partial charge in [0.2, 0.25) is 5.91 Å². The molecular formula is C34H38Cl2N2O4. The largest absolute Gasteiger partial charge is 0.494 e. The van der Waals surface area contributed by atoms with Gasteiger partial charge in [0, 0.05) is 52.5 Å². The van der Waals surface area contributed by atoms with Gasteiger partial charge < -0.3 is 20.1 Å². The maximum absolute atomic E-state index is 12.7. The van der Waals surface area contributed by atoms with E-state index >= 15 is 0 Å². The molecule has 5 rings (SSSR count). The second-order valence-corrected chi connectivity index (χ2v) is 12.1. The van der Waals surface area contributed by atoms with Crippen molar-refractivity contribution in [2.45, 2.75) is 63.5 Å². The first-order valence-electron chi connectivity index (χ1n) is 14.8. The zero-order valence-corrected chi connectivity index (χ0v) is 25.4. The lowest BCUT2D eigenvalue weighted by Gasteiger charge is -2.46. The summed E-state index contributed by atoms with van der Waals surface area (Å²) in [6.07, 6.45) is 4.33. The van der Waals surface area contributed by atoms with Gasteiger partial charge in [-0.25, -0.2) is 0 Å². The van der Waals surface area contributed by atoms with Crippen LogP contribution in [0.3, 0.4) is 0 Å². The second kappa shape index (κ2) is 14.3. The van der Waals surface area contributed by atoms with Crippen LogP contribution in [0.5, 0.6) is 5.75 Å². The zero-order valence-electron chi connectivity index (χ0n) is 23.9. The third-order valence-corrected chi connectivity index (χ3v) is 8.95. The maximum atomic E-state index is 12.7. The van der Waals surface area contributed by atoms with E-state index in [-0.39, 0.29) is 29.9 Å². The highest BCUT2D eigenvalue weighted by Gasteiger charge is 2.43. The van der Waals surface area contributed by atoms with Crippen LogP contribution in [0.1, 0.15) is 62.5 Å². The Bertz CT molecular complexity index is 1290. The van der Waals surface area contributed by atoms with Crippen LogP contribution in [0.25, 0.3) is 0 Å². The van der Waals surface area contributed by atoms with Gasteiger partial charge in [0.1, 0.15) is 5.75 Å². The average Bonchev–Trinajstić information content (AvgIpc) is 2.98. The lowest BCUT2D eigenvalue weighted by molar-refractivity contribution is -0.143. The smallest absolute Gasteiger partial charge is 0.305 e. The van der Waals surface area contributed by atoms with Crippen molar-refractivity contribution < 1.29 is 19.1 Å². The van der Waals surface area contributed by atoms with Crippen molar-refractivity contribution in [2.75, 3.05) is 18.5 Å². The summed E-state index contributed by atoms with van der Waals surface area (Å²) in [4.78, 5) is 24.2. The van der Waals surface area contributed by atoms with E-state index in [9.17, 15) is 9.59 Å². The van der Waals surface area contributed by atoms with E-state index in [2.05, 4.69) is 34.9 Å². The molecule has 6 nitrogen and oxygen atoms in total. The van der Waals surface area contributed by atoms with Crippen LogP contribution in [0.2, 0.25) is 10.0 Å². The highest BCUT2D eigenvalue weighted by molar-refractivity contribution is 6.30. The van der Waals surface area contributed by atoms with Crippen LogP contribution in [-0.2, 0) is 14.3 Å².